The number of carbonyl (C=O) groups is 1. The number of aromatic nitrogens is 2. The van der Waals surface area contributed by atoms with Crippen LogP contribution in [0.5, 0.6) is 0 Å². The van der Waals surface area contributed by atoms with Crippen molar-refractivity contribution >= 4 is 22.4 Å². The van der Waals surface area contributed by atoms with Gasteiger partial charge in [0, 0.05) is 12.6 Å². The van der Waals surface area contributed by atoms with Crippen molar-refractivity contribution < 1.29 is 4.79 Å². The smallest absolute Gasteiger partial charge is 0.282 e. The molecule has 0 aliphatic rings. The fraction of sp³-hybridized carbons (Fsp3) is 0.750. The SMILES string of the molecule is CCNc1nnc(C(=O)NC(C)CCC(C)C)s1. The molecule has 0 spiro atoms. The third-order valence-electron chi connectivity index (χ3n) is 2.50. The van der Waals surface area contributed by atoms with Crippen LogP contribution >= 0.6 is 11.3 Å². The van der Waals surface area contributed by atoms with Crippen LogP contribution in [-0.2, 0) is 0 Å². The van der Waals surface area contributed by atoms with Gasteiger partial charge in [-0.1, -0.05) is 25.2 Å². The van der Waals surface area contributed by atoms with Crippen LogP contribution in [0.3, 0.4) is 0 Å². The van der Waals surface area contributed by atoms with Gasteiger partial charge in [-0.2, -0.15) is 0 Å². The average Bonchev–Trinajstić information content (AvgIpc) is 2.75. The Hall–Kier alpha value is -1.17. The Morgan fingerprint density at radius 1 is 1.28 bits per heavy atom. The van der Waals surface area contributed by atoms with E-state index in [0.717, 1.165) is 19.4 Å². The minimum absolute atomic E-state index is 0.132. The zero-order valence-electron chi connectivity index (χ0n) is 11.5. The first-order valence-corrected chi connectivity index (χ1v) is 7.22. The van der Waals surface area contributed by atoms with E-state index in [-0.39, 0.29) is 11.9 Å². The molecular weight excluding hydrogens is 248 g/mol. The third kappa shape index (κ3) is 5.00. The maximum Gasteiger partial charge on any atom is 0.282 e. The second kappa shape index (κ2) is 7.31. The molecule has 0 fully saturated rings. The predicted octanol–water partition coefficient (Wildman–Crippen LogP) is 2.52. The molecule has 0 aliphatic carbocycles. The van der Waals surface area contributed by atoms with Crippen LogP contribution in [-0.4, -0.2) is 28.7 Å². The molecular formula is C12H22N4OS. The van der Waals surface area contributed by atoms with Crippen LogP contribution < -0.4 is 10.6 Å². The minimum Gasteiger partial charge on any atom is -0.360 e. The summed E-state index contributed by atoms with van der Waals surface area (Å²) in [6, 6.07) is 0.173. The summed E-state index contributed by atoms with van der Waals surface area (Å²) in [5, 5.41) is 14.9. The Morgan fingerprint density at radius 3 is 2.61 bits per heavy atom. The van der Waals surface area contributed by atoms with E-state index < -0.39 is 0 Å². The molecule has 102 valence electrons. The van der Waals surface area contributed by atoms with Gasteiger partial charge in [-0.3, -0.25) is 4.79 Å². The molecule has 18 heavy (non-hydrogen) atoms. The Morgan fingerprint density at radius 2 is 2.00 bits per heavy atom. The van der Waals surface area contributed by atoms with Crippen LogP contribution in [0.2, 0.25) is 0 Å². The average molecular weight is 270 g/mol. The molecule has 0 radical (unpaired) electrons. The van der Waals surface area contributed by atoms with E-state index in [9.17, 15) is 4.79 Å². The normalized spacial score (nSPS) is 12.5. The van der Waals surface area contributed by atoms with Crippen molar-refractivity contribution in [1.82, 2.24) is 15.5 Å². The highest BCUT2D eigenvalue weighted by atomic mass is 32.1. The number of anilines is 1. The molecule has 1 atom stereocenters. The van der Waals surface area contributed by atoms with E-state index in [1.54, 1.807) is 0 Å². The van der Waals surface area contributed by atoms with Crippen LogP contribution in [0.4, 0.5) is 5.13 Å². The summed E-state index contributed by atoms with van der Waals surface area (Å²) < 4.78 is 0. The van der Waals surface area contributed by atoms with Crippen molar-refractivity contribution in [3.63, 3.8) is 0 Å². The second-order valence-electron chi connectivity index (χ2n) is 4.79. The number of hydrogen-bond acceptors (Lipinski definition) is 5. The van der Waals surface area contributed by atoms with Gasteiger partial charge in [-0.15, -0.1) is 10.2 Å². The summed E-state index contributed by atoms with van der Waals surface area (Å²) in [7, 11) is 0. The minimum atomic E-state index is -0.132. The summed E-state index contributed by atoms with van der Waals surface area (Å²) in [5.41, 5.74) is 0. The van der Waals surface area contributed by atoms with Crippen molar-refractivity contribution in [3.05, 3.63) is 5.01 Å². The van der Waals surface area contributed by atoms with Gasteiger partial charge in [0.05, 0.1) is 0 Å². The first-order valence-electron chi connectivity index (χ1n) is 6.41. The molecule has 2 N–H and O–H groups in total. The lowest BCUT2D eigenvalue weighted by molar-refractivity contribution is 0.0936. The molecule has 0 saturated heterocycles. The largest absolute Gasteiger partial charge is 0.360 e. The number of rotatable bonds is 7. The van der Waals surface area contributed by atoms with Gasteiger partial charge in [-0.05, 0) is 32.6 Å². The van der Waals surface area contributed by atoms with Gasteiger partial charge in [0.25, 0.3) is 5.91 Å². The third-order valence-corrected chi connectivity index (χ3v) is 3.38. The fourth-order valence-corrected chi connectivity index (χ4v) is 2.19. The lowest BCUT2D eigenvalue weighted by Gasteiger charge is -2.13. The van der Waals surface area contributed by atoms with Crippen LogP contribution in [0, 0.1) is 5.92 Å². The Kier molecular flexibility index (Phi) is 6.04. The molecule has 5 nitrogen and oxygen atoms in total. The van der Waals surface area contributed by atoms with E-state index in [1.165, 1.54) is 11.3 Å². The number of nitrogens with zero attached hydrogens (tertiary/aromatic N) is 2. The number of nitrogens with one attached hydrogen (secondary N) is 2. The van der Waals surface area contributed by atoms with E-state index in [1.807, 2.05) is 13.8 Å². The molecule has 0 saturated carbocycles. The lowest BCUT2D eigenvalue weighted by Crippen LogP contribution is -2.32. The zero-order valence-corrected chi connectivity index (χ0v) is 12.3. The van der Waals surface area contributed by atoms with Crippen LogP contribution in [0.1, 0.15) is 50.3 Å². The Labute approximate surface area is 112 Å². The first-order chi connectivity index (χ1) is 8.52. The predicted molar refractivity (Wildman–Crippen MR) is 75.1 cm³/mol. The zero-order chi connectivity index (χ0) is 13.5. The van der Waals surface area contributed by atoms with Crippen molar-refractivity contribution in [1.29, 1.82) is 0 Å². The highest BCUT2D eigenvalue weighted by Gasteiger charge is 2.15. The highest BCUT2D eigenvalue weighted by Crippen LogP contribution is 2.15. The van der Waals surface area contributed by atoms with E-state index in [4.69, 9.17) is 0 Å². The van der Waals surface area contributed by atoms with Crippen molar-refractivity contribution in [2.24, 2.45) is 5.92 Å². The van der Waals surface area contributed by atoms with Crippen LogP contribution in [0.15, 0.2) is 0 Å². The first kappa shape index (κ1) is 14.9. The molecule has 1 aromatic heterocycles. The van der Waals surface area contributed by atoms with Gasteiger partial charge in [0.1, 0.15) is 0 Å². The molecule has 0 bridgehead atoms. The molecule has 1 rings (SSSR count). The van der Waals surface area contributed by atoms with Crippen molar-refractivity contribution in [2.75, 3.05) is 11.9 Å². The summed E-state index contributed by atoms with van der Waals surface area (Å²) in [6.07, 6.45) is 2.10. The number of carbonyl (C=O) groups excluding carboxylic acids is 1. The second-order valence-corrected chi connectivity index (χ2v) is 5.77. The molecule has 1 aromatic rings. The fourth-order valence-electron chi connectivity index (χ4n) is 1.48. The Balaban J connectivity index is 2.43. The summed E-state index contributed by atoms with van der Waals surface area (Å²) in [6.45, 7) is 9.15. The van der Waals surface area contributed by atoms with Gasteiger partial charge in [-0.25, -0.2) is 0 Å². The van der Waals surface area contributed by atoms with Gasteiger partial charge >= 0.3 is 0 Å². The Bertz CT molecular complexity index is 378. The molecule has 0 aliphatic heterocycles. The topological polar surface area (TPSA) is 66.9 Å². The molecule has 1 heterocycles. The monoisotopic (exact) mass is 270 g/mol. The van der Waals surface area contributed by atoms with Gasteiger partial charge < -0.3 is 10.6 Å². The molecule has 6 heteroatoms. The van der Waals surface area contributed by atoms with E-state index in [2.05, 4.69) is 34.7 Å². The maximum atomic E-state index is 11.9. The van der Waals surface area contributed by atoms with Gasteiger partial charge in [0.2, 0.25) is 10.1 Å². The van der Waals surface area contributed by atoms with Crippen molar-refractivity contribution in [3.8, 4) is 0 Å². The van der Waals surface area contributed by atoms with Gasteiger partial charge in [0.15, 0.2) is 0 Å². The summed E-state index contributed by atoms with van der Waals surface area (Å²) >= 11 is 1.29. The number of hydrogen-bond donors (Lipinski definition) is 2. The molecule has 1 unspecified atom stereocenters. The summed E-state index contributed by atoms with van der Waals surface area (Å²) in [5.74, 6) is 0.527. The van der Waals surface area contributed by atoms with E-state index >= 15 is 0 Å². The van der Waals surface area contributed by atoms with Crippen LogP contribution in [0.25, 0.3) is 0 Å². The maximum absolute atomic E-state index is 11.9. The van der Waals surface area contributed by atoms with E-state index in [0.29, 0.717) is 16.1 Å². The molecule has 0 aromatic carbocycles. The number of amides is 1. The molecule has 1 amide bonds. The quantitative estimate of drug-likeness (QED) is 0.799. The highest BCUT2D eigenvalue weighted by molar-refractivity contribution is 7.17. The van der Waals surface area contributed by atoms with Crippen molar-refractivity contribution in [2.45, 2.75) is 46.6 Å². The standard InChI is InChI=1S/C12H22N4OS/c1-5-13-12-16-15-11(18-12)10(17)14-9(4)7-6-8(2)3/h8-9H,5-7H2,1-4H3,(H,13,16)(H,14,17). The summed E-state index contributed by atoms with van der Waals surface area (Å²) in [4.78, 5) is 11.9. The lowest BCUT2D eigenvalue weighted by atomic mass is 10.0.